The number of carbonyl (C=O) groups excluding carboxylic acids is 2. The molecule has 10 heteroatoms. The van der Waals surface area contributed by atoms with Gasteiger partial charge in [0.1, 0.15) is 22.3 Å². The van der Waals surface area contributed by atoms with Crippen LogP contribution in [0, 0.1) is 19.3 Å². The average Bonchev–Trinajstić information content (AvgIpc) is 3.15. The second-order valence-electron chi connectivity index (χ2n) is 8.27. The number of nitrogens with one attached hydrogen (secondary N) is 3. The van der Waals surface area contributed by atoms with Crippen LogP contribution in [0.25, 0.3) is 0 Å². The Bertz CT molecular complexity index is 1190. The fourth-order valence-electron chi connectivity index (χ4n) is 2.68. The second-order valence-corrected chi connectivity index (χ2v) is 9.74. The van der Waals surface area contributed by atoms with Crippen LogP contribution in [0.15, 0.2) is 30.5 Å². The molecule has 3 aromatic rings. The smallest absolute Gasteiger partial charge is 0.267 e. The van der Waals surface area contributed by atoms with E-state index >= 15 is 0 Å². The summed E-state index contributed by atoms with van der Waals surface area (Å²) in [5, 5.41) is 19.3. The molecule has 0 fully saturated rings. The molecule has 0 atom stereocenters. The Morgan fingerprint density at radius 1 is 1.09 bits per heavy atom. The van der Waals surface area contributed by atoms with Crippen molar-refractivity contribution >= 4 is 57.2 Å². The first-order valence-corrected chi connectivity index (χ1v) is 11.0. The van der Waals surface area contributed by atoms with Gasteiger partial charge in [0.2, 0.25) is 5.91 Å². The zero-order valence-electron chi connectivity index (χ0n) is 18.3. The van der Waals surface area contributed by atoms with Crippen LogP contribution in [0.1, 0.15) is 41.6 Å². The summed E-state index contributed by atoms with van der Waals surface area (Å²) in [5.41, 5.74) is 1.41. The van der Waals surface area contributed by atoms with Crippen molar-refractivity contribution in [3.63, 3.8) is 0 Å². The predicted molar refractivity (Wildman–Crippen MR) is 128 cm³/mol. The number of hydrogen-bond donors (Lipinski definition) is 4. The zero-order chi connectivity index (χ0) is 23.6. The third-order valence-corrected chi connectivity index (χ3v) is 5.69. The summed E-state index contributed by atoms with van der Waals surface area (Å²) >= 11 is 7.30. The molecule has 0 aliphatic rings. The lowest BCUT2D eigenvalue weighted by molar-refractivity contribution is -0.123. The average molecular weight is 474 g/mol. The van der Waals surface area contributed by atoms with E-state index in [-0.39, 0.29) is 17.6 Å². The van der Waals surface area contributed by atoms with Crippen LogP contribution >= 0.6 is 22.9 Å². The predicted octanol–water partition coefficient (Wildman–Crippen LogP) is 5.49. The van der Waals surface area contributed by atoms with Gasteiger partial charge in [-0.1, -0.05) is 49.8 Å². The number of aromatic hydroxyl groups is 1. The summed E-state index contributed by atoms with van der Waals surface area (Å²) in [6.45, 7) is 8.98. The Kier molecular flexibility index (Phi) is 6.71. The number of aromatic nitrogens is 2. The van der Waals surface area contributed by atoms with Crippen molar-refractivity contribution in [1.29, 1.82) is 0 Å². The number of phenols is 1. The van der Waals surface area contributed by atoms with Crippen molar-refractivity contribution in [3.8, 4) is 5.75 Å². The monoisotopic (exact) mass is 473 g/mol. The van der Waals surface area contributed by atoms with Crippen molar-refractivity contribution in [2.75, 3.05) is 16.0 Å². The first-order chi connectivity index (χ1) is 14.9. The number of phenolic OH excluding ortho intramolecular Hbond substituents is 1. The lowest BCUT2D eigenvalue weighted by atomic mass is 9.96. The maximum Gasteiger partial charge on any atom is 0.267 e. The van der Waals surface area contributed by atoms with Crippen molar-refractivity contribution in [3.05, 3.63) is 51.5 Å². The van der Waals surface area contributed by atoms with Crippen LogP contribution in [0.4, 0.5) is 22.5 Å². The quantitative estimate of drug-likeness (QED) is 0.389. The Labute approximate surface area is 195 Å². The summed E-state index contributed by atoms with van der Waals surface area (Å²) in [6.07, 6.45) is 1.45. The minimum absolute atomic E-state index is 0.110. The molecule has 1 aromatic carbocycles. The van der Waals surface area contributed by atoms with Crippen molar-refractivity contribution in [1.82, 2.24) is 9.97 Å². The van der Waals surface area contributed by atoms with Crippen molar-refractivity contribution < 1.29 is 14.7 Å². The normalized spacial score (nSPS) is 11.2. The van der Waals surface area contributed by atoms with E-state index in [9.17, 15) is 14.7 Å². The number of nitrogens with zero attached hydrogens (tertiary/aromatic N) is 2. The van der Waals surface area contributed by atoms with Gasteiger partial charge in [0, 0.05) is 16.0 Å². The highest BCUT2D eigenvalue weighted by molar-refractivity contribution is 7.17. The minimum Gasteiger partial charge on any atom is -0.508 e. The van der Waals surface area contributed by atoms with Crippen LogP contribution in [0.3, 0.4) is 0 Å². The van der Waals surface area contributed by atoms with Gasteiger partial charge in [0.15, 0.2) is 5.13 Å². The van der Waals surface area contributed by atoms with E-state index in [2.05, 4.69) is 25.9 Å². The highest BCUT2D eigenvalue weighted by atomic mass is 35.5. The molecule has 0 spiro atoms. The van der Waals surface area contributed by atoms with Crippen LogP contribution in [0.5, 0.6) is 5.75 Å². The van der Waals surface area contributed by atoms with Gasteiger partial charge in [-0.05, 0) is 37.6 Å². The Hall–Kier alpha value is -3.17. The molecule has 0 unspecified atom stereocenters. The third-order valence-electron chi connectivity index (χ3n) is 4.56. The van der Waals surface area contributed by atoms with E-state index in [0.29, 0.717) is 37.9 Å². The van der Waals surface area contributed by atoms with Gasteiger partial charge < -0.3 is 21.1 Å². The minimum atomic E-state index is -0.582. The topological polar surface area (TPSA) is 116 Å². The number of anilines is 4. The van der Waals surface area contributed by atoms with Gasteiger partial charge >= 0.3 is 0 Å². The van der Waals surface area contributed by atoms with Gasteiger partial charge in [0.05, 0.1) is 11.9 Å². The maximum atomic E-state index is 12.7. The molecule has 4 N–H and O–H groups in total. The van der Waals surface area contributed by atoms with E-state index in [1.165, 1.54) is 6.20 Å². The van der Waals surface area contributed by atoms with Gasteiger partial charge in [-0.25, -0.2) is 9.97 Å². The zero-order valence-corrected chi connectivity index (χ0v) is 19.9. The lowest BCUT2D eigenvalue weighted by Gasteiger charge is -2.17. The number of halogens is 1. The summed E-state index contributed by atoms with van der Waals surface area (Å²) in [7, 11) is 0. The Morgan fingerprint density at radius 3 is 2.47 bits per heavy atom. The molecular weight excluding hydrogens is 450 g/mol. The number of rotatable bonds is 5. The molecule has 8 nitrogen and oxygen atoms in total. The van der Waals surface area contributed by atoms with Crippen LogP contribution in [-0.2, 0) is 4.79 Å². The molecule has 2 heterocycles. The number of amides is 2. The number of aryl methyl sites for hydroxylation is 1. The number of thiazole rings is 1. The van der Waals surface area contributed by atoms with Crippen molar-refractivity contribution in [2.24, 2.45) is 5.41 Å². The van der Waals surface area contributed by atoms with Crippen LogP contribution in [0.2, 0.25) is 5.02 Å². The van der Waals surface area contributed by atoms with E-state index < -0.39 is 5.41 Å². The fourth-order valence-corrected chi connectivity index (χ4v) is 3.60. The SMILES string of the molecule is Cc1ccc(O)c(C)c1NC(=O)c1cnc(Nc2cc(Cl)cc(NC(=O)C(C)(C)C)n2)s1. The molecule has 32 heavy (non-hydrogen) atoms. The second kappa shape index (κ2) is 9.13. The van der Waals surface area contributed by atoms with E-state index in [1.807, 2.05) is 6.92 Å². The maximum absolute atomic E-state index is 12.7. The van der Waals surface area contributed by atoms with Gasteiger partial charge in [0.25, 0.3) is 5.91 Å². The summed E-state index contributed by atoms with van der Waals surface area (Å²) < 4.78 is 0. The molecule has 2 aromatic heterocycles. The van der Waals surface area contributed by atoms with E-state index in [4.69, 9.17) is 11.6 Å². The number of carbonyl (C=O) groups is 2. The number of benzene rings is 1. The Balaban J connectivity index is 1.75. The molecule has 168 valence electrons. The molecule has 2 amide bonds. The first kappa shape index (κ1) is 23.5. The first-order valence-electron chi connectivity index (χ1n) is 9.76. The molecule has 0 radical (unpaired) electrons. The molecule has 0 aliphatic heterocycles. The molecule has 0 bridgehead atoms. The fraction of sp³-hybridized carbons (Fsp3) is 0.273. The number of hydrogen-bond acceptors (Lipinski definition) is 7. The van der Waals surface area contributed by atoms with Gasteiger partial charge in [-0.2, -0.15) is 0 Å². The van der Waals surface area contributed by atoms with Crippen LogP contribution in [-0.4, -0.2) is 26.9 Å². The van der Waals surface area contributed by atoms with Crippen LogP contribution < -0.4 is 16.0 Å². The van der Waals surface area contributed by atoms with E-state index in [1.54, 1.807) is 52.0 Å². The lowest BCUT2D eigenvalue weighted by Crippen LogP contribution is -2.28. The summed E-state index contributed by atoms with van der Waals surface area (Å²) in [5.74, 6) is 0.263. The third kappa shape index (κ3) is 5.54. The van der Waals surface area contributed by atoms with Gasteiger partial charge in [-0.15, -0.1) is 0 Å². The molecular formula is C22H24ClN5O3S. The Morgan fingerprint density at radius 2 is 1.78 bits per heavy atom. The molecule has 3 rings (SSSR count). The molecule has 0 saturated heterocycles. The number of pyridine rings is 1. The summed E-state index contributed by atoms with van der Waals surface area (Å²) in [4.78, 5) is 33.9. The standard InChI is InChI=1S/C22H24ClN5O3S/c1-11-6-7-14(29)12(2)18(11)28-19(30)15-10-24-21(32-15)27-17-9-13(23)8-16(25-17)26-20(31)22(3,4)5/h6-10,29H,1-5H3,(H,28,30)(H2,24,25,26,27,31). The van der Waals surface area contributed by atoms with Gasteiger partial charge in [-0.3, -0.25) is 9.59 Å². The molecule has 0 saturated carbocycles. The molecule has 0 aliphatic carbocycles. The van der Waals surface area contributed by atoms with E-state index in [0.717, 1.165) is 16.9 Å². The highest BCUT2D eigenvalue weighted by Crippen LogP contribution is 2.30. The summed E-state index contributed by atoms with van der Waals surface area (Å²) in [6, 6.07) is 6.47. The largest absolute Gasteiger partial charge is 0.508 e. The van der Waals surface area contributed by atoms with Crippen molar-refractivity contribution in [2.45, 2.75) is 34.6 Å². The highest BCUT2D eigenvalue weighted by Gasteiger charge is 2.22.